The van der Waals surface area contributed by atoms with E-state index in [1.54, 1.807) is 0 Å². The Morgan fingerprint density at radius 1 is 1.18 bits per heavy atom. The van der Waals surface area contributed by atoms with E-state index < -0.39 is 23.1 Å². The van der Waals surface area contributed by atoms with Gasteiger partial charge in [0.2, 0.25) is 5.60 Å². The number of rotatable bonds is 4. The average molecular weight is 237 g/mol. The van der Waals surface area contributed by atoms with Crippen LogP contribution in [0, 0.1) is 0 Å². The summed E-state index contributed by atoms with van der Waals surface area (Å²) in [6.07, 6.45) is 0.981. The van der Waals surface area contributed by atoms with Crippen LogP contribution < -0.4 is 0 Å². The summed E-state index contributed by atoms with van der Waals surface area (Å²) in [5, 5.41) is 18.6. The van der Waals surface area contributed by atoms with Gasteiger partial charge in [-0.3, -0.25) is 14.6 Å². The van der Waals surface area contributed by atoms with E-state index in [1.165, 1.54) is 6.07 Å². The number of hydrogen-bond donors (Lipinski definition) is 2. The first-order valence-electron chi connectivity index (χ1n) is 4.74. The zero-order chi connectivity index (χ0) is 13.2. The highest BCUT2D eigenvalue weighted by Gasteiger charge is 2.41. The van der Waals surface area contributed by atoms with Crippen LogP contribution >= 0.6 is 0 Å². The van der Waals surface area contributed by atoms with Gasteiger partial charge < -0.3 is 10.2 Å². The molecular weight excluding hydrogens is 226 g/mol. The number of Topliss-reactive ketones (excluding diaryl/α,β-unsaturated/α-hetero) is 2. The first-order chi connectivity index (χ1) is 7.80. The second-order valence-corrected chi connectivity index (χ2v) is 3.56. The number of hydrogen-bond acceptors (Lipinski definition) is 5. The summed E-state index contributed by atoms with van der Waals surface area (Å²) in [6.45, 7) is 2.13. The van der Waals surface area contributed by atoms with Gasteiger partial charge in [-0.05, 0) is 26.0 Å². The number of aromatic nitrogens is 1. The van der Waals surface area contributed by atoms with Crippen LogP contribution in [0.1, 0.15) is 29.9 Å². The molecule has 1 heterocycles. The molecule has 0 aliphatic heterocycles. The predicted molar refractivity (Wildman–Crippen MR) is 56.5 cm³/mol. The Kier molecular flexibility index (Phi) is 3.38. The topological polar surface area (TPSA) is 105 Å². The predicted octanol–water partition coefficient (Wildman–Crippen LogP) is 0.145. The third-order valence-electron chi connectivity index (χ3n) is 2.40. The second kappa shape index (κ2) is 4.42. The lowest BCUT2D eigenvalue weighted by Crippen LogP contribution is -2.41. The van der Waals surface area contributed by atoms with Gasteiger partial charge in [-0.25, -0.2) is 4.79 Å². The fourth-order valence-electron chi connectivity index (χ4n) is 1.34. The molecule has 0 saturated carbocycles. The summed E-state index contributed by atoms with van der Waals surface area (Å²) in [5.74, 6) is -2.71. The highest BCUT2D eigenvalue weighted by Crippen LogP contribution is 2.21. The fourth-order valence-corrected chi connectivity index (χ4v) is 1.34. The monoisotopic (exact) mass is 237 g/mol. The zero-order valence-electron chi connectivity index (χ0n) is 9.30. The smallest absolute Gasteiger partial charge is 0.337 e. The van der Waals surface area contributed by atoms with Gasteiger partial charge in [0.1, 0.15) is 0 Å². The van der Waals surface area contributed by atoms with Gasteiger partial charge in [-0.15, -0.1) is 0 Å². The molecule has 17 heavy (non-hydrogen) atoms. The number of carboxylic acid groups (broad SMARTS) is 1. The molecule has 6 heteroatoms. The van der Waals surface area contributed by atoms with Crippen molar-refractivity contribution in [2.75, 3.05) is 0 Å². The summed E-state index contributed by atoms with van der Waals surface area (Å²) in [6, 6.07) is 2.31. The van der Waals surface area contributed by atoms with Gasteiger partial charge >= 0.3 is 5.97 Å². The maximum atomic E-state index is 11.3. The summed E-state index contributed by atoms with van der Waals surface area (Å²) in [7, 11) is 0. The van der Waals surface area contributed by atoms with E-state index in [0.717, 1.165) is 26.1 Å². The molecule has 1 rings (SSSR count). The van der Waals surface area contributed by atoms with Gasteiger partial charge in [-0.2, -0.15) is 0 Å². The molecule has 0 aromatic carbocycles. The number of aliphatic hydroxyl groups is 1. The third kappa shape index (κ3) is 2.21. The second-order valence-electron chi connectivity index (χ2n) is 3.56. The Morgan fingerprint density at radius 3 is 2.00 bits per heavy atom. The first kappa shape index (κ1) is 13.0. The number of aromatic carboxylic acids is 1. The van der Waals surface area contributed by atoms with Crippen LogP contribution in [-0.4, -0.2) is 32.7 Å². The van der Waals surface area contributed by atoms with Crippen molar-refractivity contribution in [2.24, 2.45) is 0 Å². The summed E-state index contributed by atoms with van der Waals surface area (Å²) >= 11 is 0. The number of nitrogens with zero attached hydrogens (tertiary/aromatic N) is 1. The van der Waals surface area contributed by atoms with E-state index >= 15 is 0 Å². The SMILES string of the molecule is CC(=O)C(O)(C(C)=O)c1ccc(C(=O)O)cn1. The molecule has 0 spiro atoms. The lowest BCUT2D eigenvalue weighted by atomic mass is 9.90. The molecule has 1 aromatic rings. The molecule has 0 bridgehead atoms. The van der Waals surface area contributed by atoms with E-state index in [-0.39, 0.29) is 11.3 Å². The van der Waals surface area contributed by atoms with Crippen molar-refractivity contribution in [3.8, 4) is 0 Å². The molecule has 0 amide bonds. The fraction of sp³-hybridized carbons (Fsp3) is 0.273. The van der Waals surface area contributed by atoms with Gasteiger partial charge in [0.15, 0.2) is 11.6 Å². The molecule has 90 valence electrons. The average Bonchev–Trinajstić information content (AvgIpc) is 2.27. The van der Waals surface area contributed by atoms with Crippen molar-refractivity contribution >= 4 is 17.5 Å². The molecule has 2 N–H and O–H groups in total. The zero-order valence-corrected chi connectivity index (χ0v) is 9.30. The standard InChI is InChI=1S/C11H11NO5/c1-6(13)11(17,7(2)14)9-4-3-8(5-12-9)10(15)16/h3-5,17H,1-2H3,(H,15,16). The number of carbonyl (C=O) groups excluding carboxylic acids is 2. The number of ketones is 2. The Hall–Kier alpha value is -2.08. The molecule has 1 aromatic heterocycles. The van der Waals surface area contributed by atoms with Crippen LogP contribution in [-0.2, 0) is 15.2 Å². The highest BCUT2D eigenvalue weighted by atomic mass is 16.4. The largest absolute Gasteiger partial charge is 0.478 e. The van der Waals surface area contributed by atoms with Gasteiger partial charge in [-0.1, -0.05) is 0 Å². The number of pyridine rings is 1. The summed E-state index contributed by atoms with van der Waals surface area (Å²) in [4.78, 5) is 36.8. The van der Waals surface area contributed by atoms with E-state index in [2.05, 4.69) is 4.98 Å². The minimum atomic E-state index is -2.31. The van der Waals surface area contributed by atoms with E-state index in [1.807, 2.05) is 0 Å². The lowest BCUT2D eigenvalue weighted by molar-refractivity contribution is -0.149. The molecule has 0 fully saturated rings. The van der Waals surface area contributed by atoms with Crippen molar-refractivity contribution in [1.82, 2.24) is 4.98 Å². The molecule has 6 nitrogen and oxygen atoms in total. The van der Waals surface area contributed by atoms with Crippen molar-refractivity contribution in [3.63, 3.8) is 0 Å². The summed E-state index contributed by atoms with van der Waals surface area (Å²) < 4.78 is 0. The van der Waals surface area contributed by atoms with Gasteiger partial charge in [0.05, 0.1) is 11.3 Å². The minimum absolute atomic E-state index is 0.0943. The molecule has 0 atom stereocenters. The molecule has 0 aliphatic rings. The Labute approximate surface area is 96.9 Å². The molecule has 0 radical (unpaired) electrons. The first-order valence-corrected chi connectivity index (χ1v) is 4.74. The molecule has 0 unspecified atom stereocenters. The molecule has 0 saturated heterocycles. The van der Waals surface area contributed by atoms with Crippen molar-refractivity contribution in [2.45, 2.75) is 19.4 Å². The van der Waals surface area contributed by atoms with Crippen LogP contribution in [0.5, 0.6) is 0 Å². The van der Waals surface area contributed by atoms with Crippen molar-refractivity contribution in [3.05, 3.63) is 29.6 Å². The van der Waals surface area contributed by atoms with Crippen LogP contribution in [0.25, 0.3) is 0 Å². The van der Waals surface area contributed by atoms with E-state index in [0.29, 0.717) is 0 Å². The van der Waals surface area contributed by atoms with Crippen molar-refractivity contribution < 1.29 is 24.6 Å². The summed E-state index contributed by atoms with van der Waals surface area (Å²) in [5.41, 5.74) is -2.58. The Bertz CT molecular complexity index is 463. The maximum Gasteiger partial charge on any atom is 0.337 e. The highest BCUT2D eigenvalue weighted by molar-refractivity contribution is 6.08. The van der Waals surface area contributed by atoms with Crippen molar-refractivity contribution in [1.29, 1.82) is 0 Å². The minimum Gasteiger partial charge on any atom is -0.478 e. The third-order valence-corrected chi connectivity index (χ3v) is 2.40. The molecular formula is C11H11NO5. The number of carboxylic acids is 1. The van der Waals surface area contributed by atoms with Gasteiger partial charge in [0.25, 0.3) is 0 Å². The van der Waals surface area contributed by atoms with E-state index in [4.69, 9.17) is 5.11 Å². The Morgan fingerprint density at radius 2 is 1.71 bits per heavy atom. The lowest BCUT2D eigenvalue weighted by Gasteiger charge is -2.21. The number of carbonyl (C=O) groups is 3. The van der Waals surface area contributed by atoms with Gasteiger partial charge in [0, 0.05) is 6.20 Å². The van der Waals surface area contributed by atoms with Crippen LogP contribution in [0.15, 0.2) is 18.3 Å². The quantitative estimate of drug-likeness (QED) is 0.722. The van der Waals surface area contributed by atoms with E-state index in [9.17, 15) is 19.5 Å². The maximum absolute atomic E-state index is 11.3. The Balaban J connectivity index is 3.27. The van der Waals surface area contributed by atoms with Crippen LogP contribution in [0.3, 0.4) is 0 Å². The normalized spacial score (nSPS) is 11.0. The van der Waals surface area contributed by atoms with Crippen LogP contribution in [0.4, 0.5) is 0 Å². The molecule has 0 aliphatic carbocycles. The van der Waals surface area contributed by atoms with Crippen LogP contribution in [0.2, 0.25) is 0 Å².